The Morgan fingerprint density at radius 1 is 1.26 bits per heavy atom. The number of furan rings is 1. The molecular weight excluding hydrogens is 299 g/mol. The molecule has 0 radical (unpaired) electrons. The Labute approximate surface area is 131 Å². The van der Waals surface area contributed by atoms with Gasteiger partial charge in [-0.1, -0.05) is 0 Å². The Morgan fingerprint density at radius 3 is 2.78 bits per heavy atom. The Morgan fingerprint density at radius 2 is 2.13 bits per heavy atom. The molecule has 0 saturated heterocycles. The molecule has 1 amide bonds. The SMILES string of the molecule is Cc1cc(F)ccc1Oc1ccc(NC(=O)c2ccoc2)cn1. The second-order valence-corrected chi connectivity index (χ2v) is 4.86. The van der Waals surface area contributed by atoms with Crippen molar-refractivity contribution in [3.63, 3.8) is 0 Å². The van der Waals surface area contributed by atoms with Crippen LogP contribution in [0.5, 0.6) is 11.6 Å². The van der Waals surface area contributed by atoms with Crippen LogP contribution in [0.3, 0.4) is 0 Å². The quantitative estimate of drug-likeness (QED) is 0.785. The van der Waals surface area contributed by atoms with Gasteiger partial charge in [-0.2, -0.15) is 0 Å². The Hall–Kier alpha value is -3.15. The van der Waals surface area contributed by atoms with Gasteiger partial charge in [0.2, 0.25) is 5.88 Å². The number of aromatic nitrogens is 1. The highest BCUT2D eigenvalue weighted by atomic mass is 19.1. The summed E-state index contributed by atoms with van der Waals surface area (Å²) in [4.78, 5) is 16.0. The smallest absolute Gasteiger partial charge is 0.258 e. The Kier molecular flexibility index (Phi) is 4.05. The van der Waals surface area contributed by atoms with Crippen LogP contribution in [0.25, 0.3) is 0 Å². The summed E-state index contributed by atoms with van der Waals surface area (Å²) in [5.74, 6) is 0.263. The molecule has 3 rings (SSSR count). The molecular formula is C17H13FN2O3. The average Bonchev–Trinajstić information content (AvgIpc) is 3.06. The number of halogens is 1. The molecule has 0 fully saturated rings. The number of amides is 1. The number of carbonyl (C=O) groups excluding carboxylic acids is 1. The maximum absolute atomic E-state index is 13.1. The number of rotatable bonds is 4. The molecule has 116 valence electrons. The molecule has 0 saturated carbocycles. The van der Waals surface area contributed by atoms with Crippen LogP contribution in [-0.4, -0.2) is 10.9 Å². The van der Waals surface area contributed by atoms with E-state index in [9.17, 15) is 9.18 Å². The highest BCUT2D eigenvalue weighted by Gasteiger charge is 2.08. The molecule has 0 spiro atoms. The molecule has 0 bridgehead atoms. The van der Waals surface area contributed by atoms with Gasteiger partial charge in [-0.25, -0.2) is 9.37 Å². The molecule has 23 heavy (non-hydrogen) atoms. The number of carbonyl (C=O) groups is 1. The first-order valence-corrected chi connectivity index (χ1v) is 6.85. The van der Waals surface area contributed by atoms with Crippen LogP contribution in [0.15, 0.2) is 59.5 Å². The van der Waals surface area contributed by atoms with Crippen LogP contribution in [0.1, 0.15) is 15.9 Å². The number of nitrogens with one attached hydrogen (secondary N) is 1. The van der Waals surface area contributed by atoms with Gasteiger partial charge in [-0.05, 0) is 42.8 Å². The maximum atomic E-state index is 13.1. The first-order valence-electron chi connectivity index (χ1n) is 6.85. The minimum absolute atomic E-state index is 0.288. The summed E-state index contributed by atoms with van der Waals surface area (Å²) < 4.78 is 23.5. The van der Waals surface area contributed by atoms with Crippen molar-refractivity contribution in [1.29, 1.82) is 0 Å². The molecule has 0 unspecified atom stereocenters. The standard InChI is InChI=1S/C17H13FN2O3/c1-11-8-13(18)2-4-15(11)23-16-5-3-14(9-19-16)20-17(21)12-6-7-22-10-12/h2-10H,1H3,(H,20,21). The van der Waals surface area contributed by atoms with Crippen molar-refractivity contribution in [1.82, 2.24) is 4.98 Å². The van der Waals surface area contributed by atoms with Crippen molar-refractivity contribution in [3.05, 3.63) is 72.1 Å². The van der Waals surface area contributed by atoms with E-state index in [-0.39, 0.29) is 11.7 Å². The van der Waals surface area contributed by atoms with E-state index in [1.165, 1.54) is 30.9 Å². The van der Waals surface area contributed by atoms with Crippen molar-refractivity contribution in [2.75, 3.05) is 5.32 Å². The normalized spacial score (nSPS) is 10.3. The third kappa shape index (κ3) is 3.55. The van der Waals surface area contributed by atoms with E-state index >= 15 is 0 Å². The lowest BCUT2D eigenvalue weighted by Gasteiger charge is -2.08. The van der Waals surface area contributed by atoms with E-state index in [4.69, 9.17) is 9.15 Å². The van der Waals surface area contributed by atoms with Gasteiger partial charge in [0.1, 0.15) is 17.8 Å². The summed E-state index contributed by atoms with van der Waals surface area (Å²) in [6.07, 6.45) is 4.26. The summed E-state index contributed by atoms with van der Waals surface area (Å²) in [5, 5.41) is 2.69. The van der Waals surface area contributed by atoms with Crippen LogP contribution < -0.4 is 10.1 Å². The molecule has 0 aliphatic carbocycles. The molecule has 5 nitrogen and oxygen atoms in total. The predicted octanol–water partition coefficient (Wildman–Crippen LogP) is 4.17. The zero-order chi connectivity index (χ0) is 16.2. The van der Waals surface area contributed by atoms with Crippen LogP contribution >= 0.6 is 0 Å². The van der Waals surface area contributed by atoms with E-state index in [1.807, 2.05) is 0 Å². The monoisotopic (exact) mass is 312 g/mol. The van der Waals surface area contributed by atoms with Gasteiger partial charge in [0.25, 0.3) is 5.91 Å². The Bertz CT molecular complexity index is 814. The zero-order valence-corrected chi connectivity index (χ0v) is 12.2. The fraction of sp³-hybridized carbons (Fsp3) is 0.0588. The minimum Gasteiger partial charge on any atom is -0.472 e. The van der Waals surface area contributed by atoms with Gasteiger partial charge in [-0.15, -0.1) is 0 Å². The number of nitrogens with zero attached hydrogens (tertiary/aromatic N) is 1. The molecule has 2 aromatic heterocycles. The lowest BCUT2D eigenvalue weighted by atomic mass is 10.2. The fourth-order valence-electron chi connectivity index (χ4n) is 1.95. The summed E-state index contributed by atoms with van der Waals surface area (Å²) in [6.45, 7) is 1.75. The number of hydrogen-bond donors (Lipinski definition) is 1. The van der Waals surface area contributed by atoms with Crippen molar-refractivity contribution >= 4 is 11.6 Å². The number of aryl methyl sites for hydroxylation is 1. The second-order valence-electron chi connectivity index (χ2n) is 4.86. The molecule has 0 atom stereocenters. The summed E-state index contributed by atoms with van der Waals surface area (Å²) in [5.41, 5.74) is 1.62. The van der Waals surface area contributed by atoms with Gasteiger partial charge in [0, 0.05) is 6.07 Å². The number of hydrogen-bond acceptors (Lipinski definition) is 4. The van der Waals surface area contributed by atoms with Gasteiger partial charge in [0.05, 0.1) is 23.7 Å². The molecule has 1 aromatic carbocycles. The van der Waals surface area contributed by atoms with E-state index in [1.54, 1.807) is 31.2 Å². The van der Waals surface area contributed by atoms with E-state index in [0.29, 0.717) is 28.4 Å². The number of anilines is 1. The van der Waals surface area contributed by atoms with Gasteiger partial charge in [0.15, 0.2) is 0 Å². The van der Waals surface area contributed by atoms with Crippen LogP contribution in [0, 0.1) is 12.7 Å². The highest BCUT2D eigenvalue weighted by Crippen LogP contribution is 2.24. The van der Waals surface area contributed by atoms with Gasteiger partial charge >= 0.3 is 0 Å². The maximum Gasteiger partial charge on any atom is 0.258 e. The summed E-state index contributed by atoms with van der Waals surface area (Å²) in [6, 6.07) is 9.10. The Balaban J connectivity index is 1.68. The number of pyridine rings is 1. The van der Waals surface area contributed by atoms with Crippen molar-refractivity contribution < 1.29 is 18.3 Å². The van der Waals surface area contributed by atoms with Crippen LogP contribution in [0.2, 0.25) is 0 Å². The summed E-state index contributed by atoms with van der Waals surface area (Å²) >= 11 is 0. The number of ether oxygens (including phenoxy) is 1. The van der Waals surface area contributed by atoms with E-state index in [0.717, 1.165) is 0 Å². The van der Waals surface area contributed by atoms with Crippen LogP contribution in [0.4, 0.5) is 10.1 Å². The average molecular weight is 312 g/mol. The van der Waals surface area contributed by atoms with Crippen LogP contribution in [-0.2, 0) is 0 Å². The van der Waals surface area contributed by atoms with E-state index in [2.05, 4.69) is 10.3 Å². The topological polar surface area (TPSA) is 64.4 Å². The first kappa shape index (κ1) is 14.8. The third-order valence-electron chi connectivity index (χ3n) is 3.13. The zero-order valence-electron chi connectivity index (χ0n) is 12.2. The molecule has 6 heteroatoms. The largest absolute Gasteiger partial charge is 0.472 e. The van der Waals surface area contributed by atoms with Gasteiger partial charge < -0.3 is 14.5 Å². The lowest BCUT2D eigenvalue weighted by Crippen LogP contribution is -2.10. The predicted molar refractivity (Wildman–Crippen MR) is 82.1 cm³/mol. The van der Waals surface area contributed by atoms with E-state index < -0.39 is 0 Å². The minimum atomic E-state index is -0.319. The molecule has 2 heterocycles. The lowest BCUT2D eigenvalue weighted by molar-refractivity contribution is 0.102. The first-order chi connectivity index (χ1) is 11.1. The fourth-order valence-corrected chi connectivity index (χ4v) is 1.95. The second kappa shape index (κ2) is 6.31. The van der Waals surface area contributed by atoms with Crippen molar-refractivity contribution in [2.45, 2.75) is 6.92 Å². The summed E-state index contributed by atoms with van der Waals surface area (Å²) in [7, 11) is 0. The number of benzene rings is 1. The van der Waals surface area contributed by atoms with Crippen molar-refractivity contribution in [2.24, 2.45) is 0 Å². The molecule has 0 aliphatic rings. The third-order valence-corrected chi connectivity index (χ3v) is 3.13. The molecule has 0 aliphatic heterocycles. The molecule has 3 aromatic rings. The molecule has 1 N–H and O–H groups in total. The van der Waals surface area contributed by atoms with Crippen molar-refractivity contribution in [3.8, 4) is 11.6 Å². The van der Waals surface area contributed by atoms with Gasteiger partial charge in [-0.3, -0.25) is 4.79 Å². The highest BCUT2D eigenvalue weighted by molar-refractivity contribution is 6.03.